The van der Waals surface area contributed by atoms with Gasteiger partial charge in [-0.05, 0) is 17.7 Å². The lowest BCUT2D eigenvalue weighted by molar-refractivity contribution is -0.129. The minimum Gasteiger partial charge on any atom is -0.477 e. The van der Waals surface area contributed by atoms with Crippen LogP contribution in [0.3, 0.4) is 0 Å². The molecule has 0 saturated heterocycles. The molecule has 5 heteroatoms. The van der Waals surface area contributed by atoms with Crippen LogP contribution >= 0.6 is 35.4 Å². The third kappa shape index (κ3) is 2.67. The Kier molecular flexibility index (Phi) is 3.86. The van der Waals surface area contributed by atoms with Crippen LogP contribution in [0.15, 0.2) is 18.2 Å². The molecule has 0 aliphatic carbocycles. The van der Waals surface area contributed by atoms with Crippen molar-refractivity contribution in [2.24, 2.45) is 0 Å². The lowest BCUT2D eigenvalue weighted by Gasteiger charge is -2.04. The zero-order valence-corrected chi connectivity index (χ0v) is 9.29. The molecule has 0 aliphatic heterocycles. The average Bonchev–Trinajstić information content (AvgIpc) is 2.11. The lowest BCUT2D eigenvalue weighted by atomic mass is 10.1. The minimum absolute atomic E-state index is 0.0865. The topological polar surface area (TPSA) is 37.3 Å². The molecule has 0 spiro atoms. The van der Waals surface area contributed by atoms with Crippen molar-refractivity contribution >= 4 is 46.3 Å². The fourth-order valence-corrected chi connectivity index (χ4v) is 1.61. The molecular formula is C9H6Cl2O2S. The summed E-state index contributed by atoms with van der Waals surface area (Å²) in [5.74, 6) is -1.11. The summed E-state index contributed by atoms with van der Waals surface area (Å²) < 4.78 is 0. The zero-order chi connectivity index (χ0) is 10.7. The Bertz CT molecular complexity index is 370. The summed E-state index contributed by atoms with van der Waals surface area (Å²) in [5.41, 5.74) is 0.559. The lowest BCUT2D eigenvalue weighted by Crippen LogP contribution is -2.13. The Morgan fingerprint density at radius 2 is 1.86 bits per heavy atom. The molecule has 0 amide bonds. The van der Waals surface area contributed by atoms with Crippen LogP contribution < -0.4 is 0 Å². The molecule has 0 aliphatic rings. The molecule has 0 saturated carbocycles. The molecule has 0 fully saturated rings. The molecule has 14 heavy (non-hydrogen) atoms. The maximum Gasteiger partial charge on any atom is 0.342 e. The molecule has 0 radical (unpaired) electrons. The smallest absolute Gasteiger partial charge is 0.342 e. The maximum absolute atomic E-state index is 10.5. The fourth-order valence-electron chi connectivity index (χ4n) is 0.937. The molecular weight excluding hydrogens is 243 g/mol. The summed E-state index contributed by atoms with van der Waals surface area (Å²) in [5, 5.41) is 9.46. The van der Waals surface area contributed by atoms with Gasteiger partial charge < -0.3 is 5.11 Å². The van der Waals surface area contributed by atoms with Crippen molar-refractivity contribution in [3.05, 3.63) is 33.8 Å². The molecule has 0 aromatic heterocycles. The number of carboxylic acids is 1. The summed E-state index contributed by atoms with van der Waals surface area (Å²) in [4.78, 5) is 10.4. The number of aliphatic carboxylic acids is 1. The molecule has 1 aromatic carbocycles. The van der Waals surface area contributed by atoms with Gasteiger partial charge in [-0.2, -0.15) is 0 Å². The number of carboxylic acid groups (broad SMARTS) is 1. The predicted octanol–water partition coefficient (Wildman–Crippen LogP) is 2.99. The second-order valence-electron chi connectivity index (χ2n) is 2.61. The Balaban J connectivity index is 2.97. The van der Waals surface area contributed by atoms with Crippen LogP contribution in [-0.4, -0.2) is 15.9 Å². The van der Waals surface area contributed by atoms with E-state index in [2.05, 4.69) is 12.2 Å². The molecule has 2 nitrogen and oxygen atoms in total. The monoisotopic (exact) mass is 248 g/mol. The molecule has 0 heterocycles. The van der Waals surface area contributed by atoms with Crippen molar-refractivity contribution in [2.75, 3.05) is 0 Å². The van der Waals surface area contributed by atoms with Crippen LogP contribution in [-0.2, 0) is 11.2 Å². The number of hydrogen-bond acceptors (Lipinski definition) is 2. The molecule has 0 atom stereocenters. The van der Waals surface area contributed by atoms with Crippen LogP contribution in [0.5, 0.6) is 0 Å². The normalized spacial score (nSPS) is 9.86. The van der Waals surface area contributed by atoms with Gasteiger partial charge in [0.1, 0.15) is 4.86 Å². The summed E-state index contributed by atoms with van der Waals surface area (Å²) in [7, 11) is 0. The van der Waals surface area contributed by atoms with E-state index in [9.17, 15) is 4.79 Å². The van der Waals surface area contributed by atoms with Crippen molar-refractivity contribution < 1.29 is 9.90 Å². The van der Waals surface area contributed by atoms with Gasteiger partial charge in [0.15, 0.2) is 0 Å². The number of carbonyl (C=O) groups is 1. The first-order chi connectivity index (χ1) is 6.52. The van der Waals surface area contributed by atoms with Crippen LogP contribution in [0, 0.1) is 0 Å². The van der Waals surface area contributed by atoms with E-state index >= 15 is 0 Å². The van der Waals surface area contributed by atoms with Gasteiger partial charge >= 0.3 is 5.97 Å². The minimum atomic E-state index is -1.11. The third-order valence-electron chi connectivity index (χ3n) is 1.64. The van der Waals surface area contributed by atoms with Crippen molar-refractivity contribution in [1.82, 2.24) is 0 Å². The first-order valence-electron chi connectivity index (χ1n) is 3.71. The van der Waals surface area contributed by atoms with Gasteiger partial charge in [0.05, 0.1) is 0 Å². The molecule has 74 valence electrons. The summed E-state index contributed by atoms with van der Waals surface area (Å²) in [6.07, 6.45) is 0.0865. The zero-order valence-electron chi connectivity index (χ0n) is 6.96. The van der Waals surface area contributed by atoms with E-state index < -0.39 is 5.97 Å². The van der Waals surface area contributed by atoms with Crippen molar-refractivity contribution in [3.8, 4) is 0 Å². The van der Waals surface area contributed by atoms with Gasteiger partial charge in [-0.3, -0.25) is 0 Å². The predicted molar refractivity (Wildman–Crippen MR) is 60.4 cm³/mol. The first-order valence-corrected chi connectivity index (χ1v) is 4.88. The van der Waals surface area contributed by atoms with Crippen molar-refractivity contribution in [3.63, 3.8) is 0 Å². The largest absolute Gasteiger partial charge is 0.477 e. The molecule has 1 N–H and O–H groups in total. The van der Waals surface area contributed by atoms with Crippen molar-refractivity contribution in [1.29, 1.82) is 0 Å². The first kappa shape index (κ1) is 11.4. The number of hydrogen-bond donors (Lipinski definition) is 1. The Hall–Kier alpha value is -0.640. The Morgan fingerprint density at radius 1 is 1.36 bits per heavy atom. The Morgan fingerprint density at radius 3 is 2.29 bits per heavy atom. The third-order valence-corrected chi connectivity index (χ3v) is 2.66. The van der Waals surface area contributed by atoms with Gasteiger partial charge in [-0.15, -0.1) is 0 Å². The second kappa shape index (κ2) is 4.73. The number of benzene rings is 1. The summed E-state index contributed by atoms with van der Waals surface area (Å²) >= 11 is 16.3. The van der Waals surface area contributed by atoms with Crippen LogP contribution in [0.25, 0.3) is 0 Å². The van der Waals surface area contributed by atoms with E-state index in [-0.39, 0.29) is 11.3 Å². The van der Waals surface area contributed by atoms with E-state index in [0.717, 1.165) is 0 Å². The van der Waals surface area contributed by atoms with E-state index in [1.54, 1.807) is 18.2 Å². The molecule has 0 bridgehead atoms. The van der Waals surface area contributed by atoms with Crippen LogP contribution in [0.4, 0.5) is 0 Å². The molecule has 0 unspecified atom stereocenters. The standard InChI is InChI=1S/C9H6Cl2O2S/c10-6-2-1-3-7(11)5(6)4-8(14)9(12)13/h1-3H,4H2,(H,12,13). The van der Waals surface area contributed by atoms with E-state index in [4.69, 9.17) is 28.3 Å². The highest BCUT2D eigenvalue weighted by atomic mass is 35.5. The highest BCUT2D eigenvalue weighted by molar-refractivity contribution is 7.82. The van der Waals surface area contributed by atoms with Gasteiger partial charge in [-0.25, -0.2) is 4.79 Å². The highest BCUT2D eigenvalue weighted by Gasteiger charge is 2.12. The van der Waals surface area contributed by atoms with Crippen LogP contribution in [0.1, 0.15) is 5.56 Å². The Labute approximate surface area is 96.4 Å². The van der Waals surface area contributed by atoms with E-state index in [1.807, 2.05) is 0 Å². The number of rotatable bonds is 3. The molecule has 1 rings (SSSR count). The van der Waals surface area contributed by atoms with Gasteiger partial charge in [0.2, 0.25) is 0 Å². The maximum atomic E-state index is 10.5. The van der Waals surface area contributed by atoms with E-state index in [0.29, 0.717) is 15.6 Å². The van der Waals surface area contributed by atoms with Gasteiger partial charge in [-0.1, -0.05) is 41.5 Å². The number of halogens is 2. The van der Waals surface area contributed by atoms with Gasteiger partial charge in [0.25, 0.3) is 0 Å². The van der Waals surface area contributed by atoms with E-state index in [1.165, 1.54) is 0 Å². The molecule has 1 aromatic rings. The van der Waals surface area contributed by atoms with Crippen molar-refractivity contribution in [2.45, 2.75) is 6.42 Å². The SMILES string of the molecule is O=C(O)C(=S)Cc1c(Cl)cccc1Cl. The second-order valence-corrected chi connectivity index (χ2v) is 3.91. The fraction of sp³-hybridized carbons (Fsp3) is 0.111. The number of thiocarbonyl (C=S) groups is 1. The highest BCUT2D eigenvalue weighted by Crippen LogP contribution is 2.24. The summed E-state index contributed by atoms with van der Waals surface area (Å²) in [6.45, 7) is 0. The average molecular weight is 249 g/mol. The van der Waals surface area contributed by atoms with Crippen LogP contribution in [0.2, 0.25) is 10.0 Å². The van der Waals surface area contributed by atoms with Gasteiger partial charge in [0, 0.05) is 16.5 Å². The summed E-state index contributed by atoms with van der Waals surface area (Å²) in [6, 6.07) is 4.98. The quantitative estimate of drug-likeness (QED) is 0.836.